The summed E-state index contributed by atoms with van der Waals surface area (Å²) in [5.41, 5.74) is 0.953. The lowest BCUT2D eigenvalue weighted by molar-refractivity contribution is 0.104. The molecule has 2 rings (SSSR count). The van der Waals surface area contributed by atoms with Gasteiger partial charge in [0.1, 0.15) is 36.0 Å². The molecule has 0 aromatic heterocycles. The SMILES string of the molecule is C=CCOc1cc(OC)c(C(=O)/C=C/c2ccc(O)c(OC)c2)c(OCC=C)c1. The first-order valence-electron chi connectivity index (χ1n) is 8.82. The minimum Gasteiger partial charge on any atom is -0.504 e. The molecule has 0 spiro atoms. The predicted octanol–water partition coefficient (Wildman–Crippen LogP) is 4.44. The molecule has 6 heteroatoms. The van der Waals surface area contributed by atoms with Gasteiger partial charge in [-0.15, -0.1) is 0 Å². The number of ether oxygens (including phenoxy) is 4. The first-order valence-corrected chi connectivity index (χ1v) is 8.82. The molecule has 0 atom stereocenters. The zero-order chi connectivity index (χ0) is 21.2. The third-order valence-corrected chi connectivity index (χ3v) is 3.86. The largest absolute Gasteiger partial charge is 0.504 e. The maximum Gasteiger partial charge on any atom is 0.193 e. The molecule has 2 aromatic carbocycles. The van der Waals surface area contributed by atoms with Crippen LogP contribution in [-0.4, -0.2) is 38.3 Å². The molecule has 0 unspecified atom stereocenters. The fourth-order valence-electron chi connectivity index (χ4n) is 2.52. The van der Waals surface area contributed by atoms with Crippen LogP contribution in [0, 0.1) is 0 Å². The number of hydrogen-bond donors (Lipinski definition) is 1. The van der Waals surface area contributed by atoms with Crippen molar-refractivity contribution in [1.29, 1.82) is 0 Å². The lowest BCUT2D eigenvalue weighted by atomic mass is 10.1. The molecular weight excluding hydrogens is 372 g/mol. The number of carbonyl (C=O) groups is 1. The third kappa shape index (κ3) is 5.65. The van der Waals surface area contributed by atoms with Crippen molar-refractivity contribution in [3.8, 4) is 28.7 Å². The number of hydrogen-bond acceptors (Lipinski definition) is 6. The van der Waals surface area contributed by atoms with Crippen molar-refractivity contribution in [1.82, 2.24) is 0 Å². The summed E-state index contributed by atoms with van der Waals surface area (Å²) in [4.78, 5) is 12.9. The van der Waals surface area contributed by atoms with E-state index in [1.807, 2.05) is 0 Å². The van der Waals surface area contributed by atoms with Gasteiger partial charge in [-0.25, -0.2) is 0 Å². The fourth-order valence-corrected chi connectivity index (χ4v) is 2.52. The Hall–Kier alpha value is -3.67. The van der Waals surface area contributed by atoms with Crippen molar-refractivity contribution in [2.75, 3.05) is 27.4 Å². The summed E-state index contributed by atoms with van der Waals surface area (Å²) >= 11 is 0. The Morgan fingerprint density at radius 2 is 1.62 bits per heavy atom. The number of benzene rings is 2. The van der Waals surface area contributed by atoms with Gasteiger partial charge in [0.25, 0.3) is 0 Å². The van der Waals surface area contributed by atoms with Gasteiger partial charge in [0.05, 0.1) is 14.2 Å². The Labute approximate surface area is 170 Å². The molecule has 2 aromatic rings. The first-order chi connectivity index (χ1) is 14.0. The highest BCUT2D eigenvalue weighted by molar-refractivity contribution is 6.10. The van der Waals surface area contributed by atoms with Crippen LogP contribution in [0.15, 0.2) is 61.7 Å². The molecule has 0 fully saturated rings. The van der Waals surface area contributed by atoms with Crippen LogP contribution in [0.4, 0.5) is 0 Å². The van der Waals surface area contributed by atoms with Gasteiger partial charge in [0.2, 0.25) is 0 Å². The summed E-state index contributed by atoms with van der Waals surface area (Å²) in [6.45, 7) is 7.77. The number of aromatic hydroxyl groups is 1. The van der Waals surface area contributed by atoms with E-state index in [0.29, 0.717) is 35.2 Å². The number of carbonyl (C=O) groups excluding carboxylic acids is 1. The molecule has 0 saturated carbocycles. The Morgan fingerprint density at radius 1 is 0.966 bits per heavy atom. The van der Waals surface area contributed by atoms with Crippen LogP contribution in [0.25, 0.3) is 6.08 Å². The van der Waals surface area contributed by atoms with Gasteiger partial charge in [-0.1, -0.05) is 37.5 Å². The van der Waals surface area contributed by atoms with Gasteiger partial charge in [0, 0.05) is 12.1 Å². The molecule has 0 aliphatic carbocycles. The van der Waals surface area contributed by atoms with Gasteiger partial charge in [-0.3, -0.25) is 4.79 Å². The lowest BCUT2D eigenvalue weighted by Gasteiger charge is -2.15. The van der Waals surface area contributed by atoms with E-state index in [2.05, 4.69) is 13.2 Å². The minimum absolute atomic E-state index is 0.0212. The molecule has 0 radical (unpaired) electrons. The molecule has 29 heavy (non-hydrogen) atoms. The molecule has 0 bridgehead atoms. The van der Waals surface area contributed by atoms with Crippen molar-refractivity contribution < 1.29 is 28.8 Å². The van der Waals surface area contributed by atoms with E-state index in [-0.39, 0.29) is 23.7 Å². The van der Waals surface area contributed by atoms with Crippen LogP contribution < -0.4 is 18.9 Å². The summed E-state index contributed by atoms with van der Waals surface area (Å²) in [6.07, 6.45) is 6.21. The quantitative estimate of drug-likeness (QED) is 0.344. The van der Waals surface area contributed by atoms with E-state index >= 15 is 0 Å². The second-order valence-electron chi connectivity index (χ2n) is 5.83. The average Bonchev–Trinajstić information content (AvgIpc) is 2.74. The molecule has 0 aliphatic heterocycles. The first kappa shape index (κ1) is 21.6. The van der Waals surface area contributed by atoms with E-state index in [1.54, 1.807) is 42.5 Å². The molecule has 152 valence electrons. The Bertz CT molecular complexity index is 914. The van der Waals surface area contributed by atoms with Crippen LogP contribution >= 0.6 is 0 Å². The van der Waals surface area contributed by atoms with Crippen molar-refractivity contribution >= 4 is 11.9 Å². The Balaban J connectivity index is 2.40. The maximum atomic E-state index is 12.9. The van der Waals surface area contributed by atoms with Gasteiger partial charge < -0.3 is 24.1 Å². The standard InChI is InChI=1S/C23H24O6/c1-5-11-28-17-14-21(27-4)23(22(15-17)29-12-6-2)19(25)10-8-16-7-9-18(24)20(13-16)26-3/h5-10,13-15,24H,1-2,11-12H2,3-4H3/b10-8+. The zero-order valence-electron chi connectivity index (χ0n) is 16.5. The second kappa shape index (κ2) is 10.6. The summed E-state index contributed by atoms with van der Waals surface area (Å²) in [5.74, 6) is 1.15. The van der Waals surface area contributed by atoms with Gasteiger partial charge >= 0.3 is 0 Å². The predicted molar refractivity (Wildman–Crippen MR) is 112 cm³/mol. The highest BCUT2D eigenvalue weighted by atomic mass is 16.5. The third-order valence-electron chi connectivity index (χ3n) is 3.86. The summed E-state index contributed by atoms with van der Waals surface area (Å²) in [6, 6.07) is 8.03. The Morgan fingerprint density at radius 3 is 2.28 bits per heavy atom. The number of phenols is 1. The molecule has 0 heterocycles. The van der Waals surface area contributed by atoms with Crippen molar-refractivity contribution in [2.45, 2.75) is 0 Å². The summed E-state index contributed by atoms with van der Waals surface area (Å²) in [5, 5.41) is 9.69. The van der Waals surface area contributed by atoms with Crippen LogP contribution in [0.5, 0.6) is 28.7 Å². The van der Waals surface area contributed by atoms with Crippen molar-refractivity contribution in [3.63, 3.8) is 0 Å². The lowest BCUT2D eigenvalue weighted by Crippen LogP contribution is -2.06. The summed E-state index contributed by atoms with van der Waals surface area (Å²) in [7, 11) is 2.92. The van der Waals surface area contributed by atoms with E-state index in [4.69, 9.17) is 18.9 Å². The average molecular weight is 396 g/mol. The van der Waals surface area contributed by atoms with Crippen molar-refractivity contribution in [3.05, 3.63) is 72.8 Å². The highest BCUT2D eigenvalue weighted by Crippen LogP contribution is 2.35. The molecule has 0 amide bonds. The number of rotatable bonds is 11. The van der Waals surface area contributed by atoms with Crippen LogP contribution in [0.3, 0.4) is 0 Å². The number of methoxy groups -OCH3 is 2. The van der Waals surface area contributed by atoms with Gasteiger partial charge in [-0.2, -0.15) is 0 Å². The van der Waals surface area contributed by atoms with Gasteiger partial charge in [0.15, 0.2) is 17.3 Å². The van der Waals surface area contributed by atoms with Crippen LogP contribution in [0.1, 0.15) is 15.9 Å². The Kier molecular flexibility index (Phi) is 7.91. The molecule has 0 aliphatic rings. The topological polar surface area (TPSA) is 74.2 Å². The second-order valence-corrected chi connectivity index (χ2v) is 5.83. The van der Waals surface area contributed by atoms with E-state index in [9.17, 15) is 9.90 Å². The van der Waals surface area contributed by atoms with Crippen LogP contribution in [0.2, 0.25) is 0 Å². The van der Waals surface area contributed by atoms with E-state index in [0.717, 1.165) is 0 Å². The summed E-state index contributed by atoms with van der Waals surface area (Å²) < 4.78 is 21.7. The highest BCUT2D eigenvalue weighted by Gasteiger charge is 2.19. The smallest absolute Gasteiger partial charge is 0.193 e. The van der Waals surface area contributed by atoms with E-state index < -0.39 is 0 Å². The van der Waals surface area contributed by atoms with Gasteiger partial charge in [-0.05, 0) is 23.8 Å². The monoisotopic (exact) mass is 396 g/mol. The minimum atomic E-state index is -0.316. The number of ketones is 1. The van der Waals surface area contributed by atoms with Crippen molar-refractivity contribution in [2.24, 2.45) is 0 Å². The molecular formula is C23H24O6. The molecule has 6 nitrogen and oxygen atoms in total. The number of phenolic OH excluding ortho intramolecular Hbond substituents is 1. The number of allylic oxidation sites excluding steroid dienone is 1. The van der Waals surface area contributed by atoms with E-state index in [1.165, 1.54) is 26.4 Å². The maximum absolute atomic E-state index is 12.9. The normalized spacial score (nSPS) is 10.4. The zero-order valence-corrected chi connectivity index (χ0v) is 16.5. The van der Waals surface area contributed by atoms with Crippen LogP contribution in [-0.2, 0) is 0 Å². The molecule has 0 saturated heterocycles. The molecule has 1 N–H and O–H groups in total. The fraction of sp³-hybridized carbons (Fsp3) is 0.174.